The van der Waals surface area contributed by atoms with Crippen LogP contribution in [0.1, 0.15) is 25.8 Å². The molecule has 1 unspecified atom stereocenters. The molecule has 0 saturated heterocycles. The predicted octanol–water partition coefficient (Wildman–Crippen LogP) is 2.19. The maximum Gasteiger partial charge on any atom is 0.123 e. The number of methoxy groups -OCH3 is 1. The quantitative estimate of drug-likeness (QED) is 0.764. The van der Waals surface area contributed by atoms with Gasteiger partial charge in [0.2, 0.25) is 0 Å². The first-order valence-corrected chi connectivity index (χ1v) is 6.15. The van der Waals surface area contributed by atoms with Gasteiger partial charge in [-0.05, 0) is 18.4 Å². The molecular formula is C14H23NO2. The van der Waals surface area contributed by atoms with Gasteiger partial charge in [-0.1, -0.05) is 32.0 Å². The molecule has 1 aromatic rings. The van der Waals surface area contributed by atoms with E-state index in [9.17, 15) is 0 Å². The molecule has 17 heavy (non-hydrogen) atoms. The van der Waals surface area contributed by atoms with Crippen LogP contribution in [0.4, 0.5) is 0 Å². The highest BCUT2D eigenvalue weighted by Gasteiger charge is 2.12. The Labute approximate surface area is 104 Å². The van der Waals surface area contributed by atoms with Crippen molar-refractivity contribution in [2.24, 2.45) is 5.92 Å². The number of aliphatic hydroxyl groups is 1. The van der Waals surface area contributed by atoms with Crippen LogP contribution in [0.25, 0.3) is 0 Å². The van der Waals surface area contributed by atoms with Crippen LogP contribution in [0.15, 0.2) is 24.3 Å². The molecule has 3 heteroatoms. The second-order valence-corrected chi connectivity index (χ2v) is 4.56. The van der Waals surface area contributed by atoms with Crippen molar-refractivity contribution >= 4 is 0 Å². The van der Waals surface area contributed by atoms with Crippen molar-refractivity contribution in [3.63, 3.8) is 0 Å². The van der Waals surface area contributed by atoms with Crippen molar-refractivity contribution < 1.29 is 9.84 Å². The van der Waals surface area contributed by atoms with Crippen LogP contribution in [0, 0.1) is 5.92 Å². The van der Waals surface area contributed by atoms with E-state index >= 15 is 0 Å². The van der Waals surface area contributed by atoms with Gasteiger partial charge in [-0.2, -0.15) is 0 Å². The Kier molecular flexibility index (Phi) is 6.01. The van der Waals surface area contributed by atoms with Crippen molar-refractivity contribution in [3.05, 3.63) is 29.8 Å². The summed E-state index contributed by atoms with van der Waals surface area (Å²) in [7, 11) is 1.69. The average Bonchev–Trinajstić information content (AvgIpc) is 2.34. The van der Waals surface area contributed by atoms with Crippen LogP contribution in [-0.2, 0) is 6.54 Å². The number of hydrogen-bond acceptors (Lipinski definition) is 3. The summed E-state index contributed by atoms with van der Waals surface area (Å²) < 4.78 is 5.31. The van der Waals surface area contributed by atoms with Gasteiger partial charge in [0, 0.05) is 24.8 Å². The van der Waals surface area contributed by atoms with Gasteiger partial charge in [0.25, 0.3) is 0 Å². The second kappa shape index (κ2) is 7.30. The molecule has 0 aliphatic carbocycles. The Morgan fingerprint density at radius 1 is 1.29 bits per heavy atom. The van der Waals surface area contributed by atoms with E-state index in [4.69, 9.17) is 9.84 Å². The van der Waals surface area contributed by atoms with Crippen LogP contribution in [0.2, 0.25) is 0 Å². The molecule has 0 spiro atoms. The van der Waals surface area contributed by atoms with Gasteiger partial charge in [0.1, 0.15) is 5.75 Å². The zero-order valence-electron chi connectivity index (χ0n) is 10.9. The standard InChI is InChI=1S/C14H23NO2/c1-11(2)13(8-9-16)15-10-12-6-4-5-7-14(12)17-3/h4-7,11,13,15-16H,8-10H2,1-3H3. The lowest BCUT2D eigenvalue weighted by Crippen LogP contribution is -2.34. The molecule has 1 aromatic carbocycles. The predicted molar refractivity (Wildman–Crippen MR) is 70.2 cm³/mol. The van der Waals surface area contributed by atoms with Crippen molar-refractivity contribution in [3.8, 4) is 5.75 Å². The number of rotatable bonds is 7. The third-order valence-electron chi connectivity index (χ3n) is 2.99. The van der Waals surface area contributed by atoms with Crippen LogP contribution >= 0.6 is 0 Å². The largest absolute Gasteiger partial charge is 0.496 e. The van der Waals surface area contributed by atoms with Gasteiger partial charge in [-0.3, -0.25) is 0 Å². The summed E-state index contributed by atoms with van der Waals surface area (Å²) in [6.07, 6.45) is 0.785. The molecular weight excluding hydrogens is 214 g/mol. The van der Waals surface area contributed by atoms with Crippen LogP contribution in [-0.4, -0.2) is 24.9 Å². The average molecular weight is 237 g/mol. The topological polar surface area (TPSA) is 41.5 Å². The Morgan fingerprint density at radius 3 is 2.59 bits per heavy atom. The number of ether oxygens (including phenoxy) is 1. The lowest BCUT2D eigenvalue weighted by atomic mass is 10.0. The molecule has 96 valence electrons. The van der Waals surface area contributed by atoms with Gasteiger partial charge in [0.05, 0.1) is 7.11 Å². The summed E-state index contributed by atoms with van der Waals surface area (Å²) in [5, 5.41) is 12.5. The minimum Gasteiger partial charge on any atom is -0.496 e. The normalized spacial score (nSPS) is 12.8. The van der Waals surface area contributed by atoms with E-state index in [1.54, 1.807) is 7.11 Å². The number of hydrogen-bond donors (Lipinski definition) is 2. The first-order chi connectivity index (χ1) is 8.19. The molecule has 0 fully saturated rings. The Balaban J connectivity index is 2.58. The first-order valence-electron chi connectivity index (χ1n) is 6.15. The van der Waals surface area contributed by atoms with E-state index in [0.717, 1.165) is 24.3 Å². The van der Waals surface area contributed by atoms with E-state index in [0.29, 0.717) is 12.0 Å². The highest BCUT2D eigenvalue weighted by Crippen LogP contribution is 2.17. The molecule has 2 N–H and O–H groups in total. The van der Waals surface area contributed by atoms with Gasteiger partial charge in [-0.25, -0.2) is 0 Å². The number of para-hydroxylation sites is 1. The summed E-state index contributed by atoms with van der Waals surface area (Å²) >= 11 is 0. The Morgan fingerprint density at radius 2 is 2.00 bits per heavy atom. The Bertz CT molecular complexity index is 326. The molecule has 3 nitrogen and oxygen atoms in total. The highest BCUT2D eigenvalue weighted by molar-refractivity contribution is 5.33. The zero-order chi connectivity index (χ0) is 12.7. The van der Waals surface area contributed by atoms with Crippen molar-refractivity contribution in [2.75, 3.05) is 13.7 Å². The molecule has 0 amide bonds. The minimum atomic E-state index is 0.224. The van der Waals surface area contributed by atoms with Gasteiger partial charge < -0.3 is 15.2 Å². The third-order valence-corrected chi connectivity index (χ3v) is 2.99. The lowest BCUT2D eigenvalue weighted by molar-refractivity contribution is 0.243. The van der Waals surface area contributed by atoms with E-state index in [2.05, 4.69) is 25.2 Å². The molecule has 0 heterocycles. The Hall–Kier alpha value is -1.06. The summed E-state index contributed by atoms with van der Waals surface area (Å²) in [5.74, 6) is 1.42. The SMILES string of the molecule is COc1ccccc1CNC(CCO)C(C)C. The molecule has 0 saturated carbocycles. The van der Waals surface area contributed by atoms with Gasteiger partial charge >= 0.3 is 0 Å². The summed E-state index contributed by atoms with van der Waals surface area (Å²) in [4.78, 5) is 0. The van der Waals surface area contributed by atoms with E-state index in [1.807, 2.05) is 18.2 Å². The van der Waals surface area contributed by atoms with E-state index < -0.39 is 0 Å². The smallest absolute Gasteiger partial charge is 0.123 e. The molecule has 0 aliphatic rings. The number of aliphatic hydroxyl groups excluding tert-OH is 1. The van der Waals surface area contributed by atoms with E-state index in [-0.39, 0.29) is 6.61 Å². The fourth-order valence-electron chi connectivity index (χ4n) is 1.90. The monoisotopic (exact) mass is 237 g/mol. The minimum absolute atomic E-state index is 0.224. The fourth-order valence-corrected chi connectivity index (χ4v) is 1.90. The van der Waals surface area contributed by atoms with E-state index in [1.165, 1.54) is 0 Å². The van der Waals surface area contributed by atoms with Crippen molar-refractivity contribution in [1.82, 2.24) is 5.32 Å². The summed E-state index contributed by atoms with van der Waals surface area (Å²) in [6.45, 7) is 5.32. The summed E-state index contributed by atoms with van der Waals surface area (Å²) in [6, 6.07) is 8.34. The fraction of sp³-hybridized carbons (Fsp3) is 0.571. The number of benzene rings is 1. The molecule has 1 rings (SSSR count). The van der Waals surface area contributed by atoms with Gasteiger partial charge in [-0.15, -0.1) is 0 Å². The maximum atomic E-state index is 9.02. The molecule has 0 radical (unpaired) electrons. The number of nitrogens with one attached hydrogen (secondary N) is 1. The first kappa shape index (κ1) is 14.0. The second-order valence-electron chi connectivity index (χ2n) is 4.56. The third kappa shape index (κ3) is 4.36. The molecule has 0 aliphatic heterocycles. The van der Waals surface area contributed by atoms with Gasteiger partial charge in [0.15, 0.2) is 0 Å². The summed E-state index contributed by atoms with van der Waals surface area (Å²) in [5.41, 5.74) is 1.15. The lowest BCUT2D eigenvalue weighted by Gasteiger charge is -2.22. The molecule has 0 aromatic heterocycles. The van der Waals surface area contributed by atoms with Crippen LogP contribution < -0.4 is 10.1 Å². The van der Waals surface area contributed by atoms with Crippen LogP contribution in [0.5, 0.6) is 5.75 Å². The molecule has 1 atom stereocenters. The highest BCUT2D eigenvalue weighted by atomic mass is 16.5. The van der Waals surface area contributed by atoms with Crippen LogP contribution in [0.3, 0.4) is 0 Å². The maximum absolute atomic E-state index is 9.02. The molecule has 0 bridgehead atoms. The zero-order valence-corrected chi connectivity index (χ0v) is 10.9. The van der Waals surface area contributed by atoms with Crippen molar-refractivity contribution in [1.29, 1.82) is 0 Å². The van der Waals surface area contributed by atoms with Crippen molar-refractivity contribution in [2.45, 2.75) is 32.9 Å².